The molecule has 0 aliphatic carbocycles. The van der Waals surface area contributed by atoms with E-state index in [2.05, 4.69) is 20.9 Å². The molecule has 5 rings (SSSR count). The maximum Gasteiger partial charge on any atom is 0.224 e. The van der Waals surface area contributed by atoms with Gasteiger partial charge in [0, 0.05) is 88.6 Å². The van der Waals surface area contributed by atoms with E-state index in [0.29, 0.717) is 38.6 Å². The lowest BCUT2D eigenvalue weighted by Gasteiger charge is -2.34. The summed E-state index contributed by atoms with van der Waals surface area (Å²) in [6.07, 6.45) is 12.5. The highest BCUT2D eigenvalue weighted by atomic mass is 16.2. The number of benzene rings is 1. The zero-order valence-corrected chi connectivity index (χ0v) is 20.9. The number of anilines is 1. The smallest absolute Gasteiger partial charge is 0.224 e. The predicted molar refractivity (Wildman–Crippen MR) is 138 cm³/mol. The molecule has 188 valence electrons. The molecule has 1 saturated heterocycles. The van der Waals surface area contributed by atoms with Crippen LogP contribution in [-0.2, 0) is 29.2 Å². The van der Waals surface area contributed by atoms with Crippen molar-refractivity contribution < 1.29 is 9.59 Å². The molecule has 2 aliphatic rings. The van der Waals surface area contributed by atoms with Gasteiger partial charge in [-0.2, -0.15) is 0 Å². The molecule has 2 atom stereocenters. The van der Waals surface area contributed by atoms with Crippen molar-refractivity contribution in [2.24, 2.45) is 0 Å². The van der Waals surface area contributed by atoms with Crippen molar-refractivity contribution in [3.8, 4) is 0 Å². The minimum absolute atomic E-state index is 0.0352. The summed E-state index contributed by atoms with van der Waals surface area (Å²) in [6.45, 7) is 4.87. The van der Waals surface area contributed by atoms with Crippen molar-refractivity contribution in [1.29, 1.82) is 0 Å². The maximum absolute atomic E-state index is 13.6. The first kappa shape index (κ1) is 24.2. The largest absolute Gasteiger partial charge is 0.337 e. The molecule has 36 heavy (non-hydrogen) atoms. The highest BCUT2D eigenvalue weighted by Gasteiger charge is 2.36. The maximum atomic E-state index is 13.6. The van der Waals surface area contributed by atoms with Crippen molar-refractivity contribution in [3.63, 3.8) is 0 Å². The molecular weight excluding hydrogens is 452 g/mol. The normalized spacial score (nSPS) is 20.6. The number of hydrogen-bond donors (Lipinski definition) is 0. The van der Waals surface area contributed by atoms with Crippen LogP contribution in [0.3, 0.4) is 0 Å². The average molecular weight is 487 g/mol. The van der Waals surface area contributed by atoms with Crippen LogP contribution < -0.4 is 4.90 Å². The molecule has 0 N–H and O–H groups in total. The number of aromatic nitrogens is 3. The Morgan fingerprint density at radius 2 is 1.86 bits per heavy atom. The lowest BCUT2D eigenvalue weighted by molar-refractivity contribution is -0.133. The van der Waals surface area contributed by atoms with Crippen molar-refractivity contribution >= 4 is 17.5 Å². The molecule has 1 aromatic carbocycles. The van der Waals surface area contributed by atoms with Crippen LogP contribution in [0, 0.1) is 0 Å². The van der Waals surface area contributed by atoms with E-state index in [4.69, 9.17) is 0 Å². The van der Waals surface area contributed by atoms with Crippen LogP contribution >= 0.6 is 0 Å². The summed E-state index contributed by atoms with van der Waals surface area (Å²) >= 11 is 0. The highest BCUT2D eigenvalue weighted by molar-refractivity contribution is 5.92. The van der Waals surface area contributed by atoms with E-state index in [1.807, 2.05) is 57.1 Å². The topological polar surface area (TPSA) is 74.6 Å². The first-order valence-corrected chi connectivity index (χ1v) is 12.8. The molecular formula is C28H34N6O2. The number of imidazole rings is 1. The Morgan fingerprint density at radius 1 is 1.00 bits per heavy atom. The second kappa shape index (κ2) is 11.0. The van der Waals surface area contributed by atoms with Gasteiger partial charge in [-0.25, -0.2) is 4.98 Å². The van der Waals surface area contributed by atoms with Crippen LogP contribution in [0.1, 0.15) is 43.7 Å². The Hall–Kier alpha value is -3.52. The van der Waals surface area contributed by atoms with Gasteiger partial charge in [0.15, 0.2) is 0 Å². The Kier molecular flexibility index (Phi) is 7.41. The summed E-state index contributed by atoms with van der Waals surface area (Å²) < 4.78 is 1.94. The molecule has 8 heteroatoms. The van der Waals surface area contributed by atoms with Gasteiger partial charge in [0.2, 0.25) is 11.8 Å². The first-order valence-electron chi connectivity index (χ1n) is 12.8. The molecule has 3 aromatic rings. The van der Waals surface area contributed by atoms with Crippen LogP contribution in [0.4, 0.5) is 5.69 Å². The Balaban J connectivity index is 1.46. The molecule has 0 spiro atoms. The molecule has 0 radical (unpaired) electrons. The minimum Gasteiger partial charge on any atom is -0.337 e. The zero-order valence-electron chi connectivity index (χ0n) is 20.9. The van der Waals surface area contributed by atoms with Gasteiger partial charge < -0.3 is 14.4 Å². The lowest BCUT2D eigenvalue weighted by atomic mass is 10.1. The van der Waals surface area contributed by atoms with Crippen LogP contribution in [0.15, 0.2) is 67.5 Å². The van der Waals surface area contributed by atoms with Gasteiger partial charge in [-0.3, -0.25) is 19.5 Å². The zero-order chi connectivity index (χ0) is 24.9. The number of para-hydroxylation sites is 1. The van der Waals surface area contributed by atoms with E-state index >= 15 is 0 Å². The van der Waals surface area contributed by atoms with E-state index in [0.717, 1.165) is 37.1 Å². The minimum atomic E-state index is 0.0352. The number of aryl methyl sites for hydroxylation is 1. The number of amides is 2. The molecule has 1 fully saturated rings. The van der Waals surface area contributed by atoms with E-state index in [1.54, 1.807) is 25.6 Å². The number of carbonyl (C=O) groups excluding carboxylic acids is 2. The van der Waals surface area contributed by atoms with Gasteiger partial charge in [0.1, 0.15) is 0 Å². The highest BCUT2D eigenvalue weighted by Crippen LogP contribution is 2.32. The Labute approximate surface area is 212 Å². The standard InChI is InChI=1S/C28H34N6O2/c1-22(35)33-15-10-25-8-9-26(34(25)18-23-5-4-12-29-17-23)20-32(19-24-6-2-3-7-27(24)33)28(36)11-14-31-16-13-30-21-31/h2-7,12-13,16-17,21,25-26H,8-11,14-15,18-20H2,1H3. The summed E-state index contributed by atoms with van der Waals surface area (Å²) in [4.78, 5) is 41.2. The molecule has 2 aromatic heterocycles. The van der Waals surface area contributed by atoms with E-state index in [9.17, 15) is 9.59 Å². The molecule has 2 bridgehead atoms. The van der Waals surface area contributed by atoms with Crippen molar-refractivity contribution in [3.05, 3.63) is 78.6 Å². The Morgan fingerprint density at radius 3 is 2.64 bits per heavy atom. The average Bonchev–Trinajstić information content (AvgIpc) is 3.53. The fraction of sp³-hybridized carbons (Fsp3) is 0.429. The SMILES string of the molecule is CC(=O)N1CCC2CCC(CN(C(=O)CCn3ccnc3)Cc3ccccc31)N2Cc1cccnc1. The van der Waals surface area contributed by atoms with Gasteiger partial charge in [0.25, 0.3) is 0 Å². The summed E-state index contributed by atoms with van der Waals surface area (Å²) in [5.74, 6) is 0.157. The number of carbonyl (C=O) groups is 2. The summed E-state index contributed by atoms with van der Waals surface area (Å²) in [5, 5.41) is 0. The number of nitrogens with zero attached hydrogens (tertiary/aromatic N) is 6. The van der Waals surface area contributed by atoms with E-state index in [1.165, 1.54) is 5.56 Å². The van der Waals surface area contributed by atoms with E-state index < -0.39 is 0 Å². The van der Waals surface area contributed by atoms with Gasteiger partial charge in [-0.1, -0.05) is 24.3 Å². The van der Waals surface area contributed by atoms with E-state index in [-0.39, 0.29) is 17.9 Å². The third-order valence-electron chi connectivity index (χ3n) is 7.50. The van der Waals surface area contributed by atoms with Gasteiger partial charge in [0.05, 0.1) is 6.33 Å². The quantitative estimate of drug-likeness (QED) is 0.552. The molecule has 2 aliphatic heterocycles. The molecule has 8 nitrogen and oxygen atoms in total. The molecule has 2 unspecified atom stereocenters. The van der Waals surface area contributed by atoms with Gasteiger partial charge in [-0.05, 0) is 42.5 Å². The van der Waals surface area contributed by atoms with Gasteiger partial charge in [-0.15, -0.1) is 0 Å². The number of fused-ring (bicyclic) bond motifs is 3. The fourth-order valence-electron chi connectivity index (χ4n) is 5.63. The first-order chi connectivity index (χ1) is 17.6. The van der Waals surface area contributed by atoms with Crippen molar-refractivity contribution in [1.82, 2.24) is 24.3 Å². The van der Waals surface area contributed by atoms with Crippen LogP contribution in [-0.4, -0.2) is 61.3 Å². The summed E-state index contributed by atoms with van der Waals surface area (Å²) in [5.41, 5.74) is 3.10. The predicted octanol–water partition coefficient (Wildman–Crippen LogP) is 3.49. The monoisotopic (exact) mass is 486 g/mol. The van der Waals surface area contributed by atoms with Crippen LogP contribution in [0.2, 0.25) is 0 Å². The number of rotatable bonds is 5. The number of pyridine rings is 1. The molecule has 0 saturated carbocycles. The molecule has 4 heterocycles. The Bertz CT molecular complexity index is 1170. The van der Waals surface area contributed by atoms with Crippen LogP contribution in [0.25, 0.3) is 0 Å². The second-order valence-corrected chi connectivity index (χ2v) is 9.83. The lowest BCUT2D eigenvalue weighted by Crippen LogP contribution is -2.45. The third kappa shape index (κ3) is 5.49. The van der Waals surface area contributed by atoms with Crippen molar-refractivity contribution in [2.75, 3.05) is 18.0 Å². The summed E-state index contributed by atoms with van der Waals surface area (Å²) in [6, 6.07) is 12.7. The van der Waals surface area contributed by atoms with Gasteiger partial charge >= 0.3 is 0 Å². The van der Waals surface area contributed by atoms with Crippen LogP contribution in [0.5, 0.6) is 0 Å². The summed E-state index contributed by atoms with van der Waals surface area (Å²) in [7, 11) is 0. The van der Waals surface area contributed by atoms with Crippen molar-refractivity contribution in [2.45, 2.75) is 64.3 Å². The fourth-order valence-corrected chi connectivity index (χ4v) is 5.63. The third-order valence-corrected chi connectivity index (χ3v) is 7.50. The number of hydrogen-bond acceptors (Lipinski definition) is 5. The molecule has 2 amide bonds. The second-order valence-electron chi connectivity index (χ2n) is 9.83.